The van der Waals surface area contributed by atoms with E-state index in [0.29, 0.717) is 5.92 Å². The average molecular weight is 186 g/mol. The molecule has 1 N–H and O–H groups in total. The van der Waals surface area contributed by atoms with Gasteiger partial charge in [0, 0.05) is 0 Å². The van der Waals surface area contributed by atoms with Gasteiger partial charge in [-0.05, 0) is 42.4 Å². The van der Waals surface area contributed by atoms with E-state index in [1.807, 2.05) is 0 Å². The van der Waals surface area contributed by atoms with E-state index < -0.39 is 0 Å². The van der Waals surface area contributed by atoms with E-state index in [0.717, 1.165) is 0 Å². The van der Waals surface area contributed by atoms with Crippen LogP contribution in [0, 0.1) is 0 Å². The maximum Gasteiger partial charge on any atom is 0.0931 e. The van der Waals surface area contributed by atoms with E-state index in [9.17, 15) is 0 Å². The Morgan fingerprint density at radius 1 is 1.43 bits per heavy atom. The molecule has 0 saturated carbocycles. The zero-order valence-electron chi connectivity index (χ0n) is 8.38. The Morgan fingerprint density at radius 3 is 3.29 bits per heavy atom. The number of benzene rings is 1. The molecule has 0 aliphatic heterocycles. The summed E-state index contributed by atoms with van der Waals surface area (Å²) in [5.41, 5.74) is 5.35. The van der Waals surface area contributed by atoms with Gasteiger partial charge in [0.1, 0.15) is 0 Å². The lowest BCUT2D eigenvalue weighted by Crippen LogP contribution is -2.07. The van der Waals surface area contributed by atoms with Crippen LogP contribution in [0.3, 0.4) is 0 Å². The number of hydrogen-bond acceptors (Lipinski definition) is 1. The second-order valence-corrected chi connectivity index (χ2v) is 4.23. The number of hydrogen-bond donors (Lipinski definition) is 1. The molecule has 1 aromatic carbocycles. The quantitative estimate of drug-likeness (QED) is 0.673. The van der Waals surface area contributed by atoms with Crippen LogP contribution in [0.1, 0.15) is 36.8 Å². The summed E-state index contributed by atoms with van der Waals surface area (Å²) in [6.45, 7) is 2.32. The summed E-state index contributed by atoms with van der Waals surface area (Å²) < 4.78 is 0. The minimum absolute atomic E-state index is 0.708. The molecule has 0 bridgehead atoms. The summed E-state index contributed by atoms with van der Waals surface area (Å²) >= 11 is 0. The number of fused-ring (bicyclic) bond motifs is 3. The van der Waals surface area contributed by atoms with Crippen LogP contribution in [-0.4, -0.2) is 9.97 Å². The minimum Gasteiger partial charge on any atom is -0.345 e. The van der Waals surface area contributed by atoms with Crippen molar-refractivity contribution >= 4 is 11.0 Å². The molecule has 2 nitrogen and oxygen atoms in total. The number of aromatic amines is 1. The Hall–Kier alpha value is -1.31. The van der Waals surface area contributed by atoms with Crippen LogP contribution in [0.2, 0.25) is 0 Å². The molecule has 72 valence electrons. The fraction of sp³-hybridized carbons (Fsp3) is 0.417. The van der Waals surface area contributed by atoms with Gasteiger partial charge in [-0.2, -0.15) is 0 Å². The van der Waals surface area contributed by atoms with Gasteiger partial charge in [-0.25, -0.2) is 4.98 Å². The van der Waals surface area contributed by atoms with Crippen molar-refractivity contribution in [3.63, 3.8) is 0 Å². The molecule has 0 radical (unpaired) electrons. The monoisotopic (exact) mass is 186 g/mol. The van der Waals surface area contributed by atoms with E-state index >= 15 is 0 Å². The van der Waals surface area contributed by atoms with Crippen molar-refractivity contribution in [2.75, 3.05) is 0 Å². The number of aromatic nitrogens is 2. The molecule has 0 amide bonds. The molecule has 3 rings (SSSR count). The van der Waals surface area contributed by atoms with Crippen LogP contribution in [0.25, 0.3) is 11.0 Å². The molecule has 1 aromatic heterocycles. The second-order valence-electron chi connectivity index (χ2n) is 4.23. The molecule has 14 heavy (non-hydrogen) atoms. The number of aryl methyl sites for hydroxylation is 1. The average Bonchev–Trinajstić information content (AvgIpc) is 2.66. The van der Waals surface area contributed by atoms with Gasteiger partial charge < -0.3 is 4.98 Å². The Balaban J connectivity index is 2.32. The topological polar surface area (TPSA) is 28.7 Å². The molecule has 1 heterocycles. The van der Waals surface area contributed by atoms with Gasteiger partial charge in [0.05, 0.1) is 17.4 Å². The molecular formula is C12H14N2. The third-order valence-electron chi connectivity index (χ3n) is 3.33. The van der Waals surface area contributed by atoms with Crippen molar-refractivity contribution < 1.29 is 0 Å². The fourth-order valence-electron chi connectivity index (χ4n) is 2.55. The van der Waals surface area contributed by atoms with E-state index in [2.05, 4.69) is 29.0 Å². The Labute approximate surface area is 83.4 Å². The number of nitrogens with one attached hydrogen (secondary N) is 1. The lowest BCUT2D eigenvalue weighted by molar-refractivity contribution is 0.593. The molecule has 0 fully saturated rings. The van der Waals surface area contributed by atoms with E-state index in [1.165, 1.54) is 41.4 Å². The molecule has 1 atom stereocenters. The van der Waals surface area contributed by atoms with E-state index in [4.69, 9.17) is 0 Å². The lowest BCUT2D eigenvalue weighted by Gasteiger charge is -2.22. The molecule has 2 heteroatoms. The fourth-order valence-corrected chi connectivity index (χ4v) is 2.55. The van der Waals surface area contributed by atoms with Gasteiger partial charge in [0.2, 0.25) is 0 Å². The highest BCUT2D eigenvalue weighted by Gasteiger charge is 2.18. The van der Waals surface area contributed by atoms with Crippen LogP contribution in [0.4, 0.5) is 0 Å². The molecule has 1 aliphatic carbocycles. The first-order valence-electron chi connectivity index (χ1n) is 5.31. The molecule has 1 unspecified atom stereocenters. The van der Waals surface area contributed by atoms with Crippen molar-refractivity contribution in [2.24, 2.45) is 0 Å². The summed E-state index contributed by atoms with van der Waals surface area (Å²) in [6.07, 6.45) is 5.62. The highest BCUT2D eigenvalue weighted by atomic mass is 14.9. The van der Waals surface area contributed by atoms with E-state index in [1.54, 1.807) is 6.33 Å². The van der Waals surface area contributed by atoms with Crippen molar-refractivity contribution in [1.29, 1.82) is 0 Å². The van der Waals surface area contributed by atoms with Crippen molar-refractivity contribution in [3.05, 3.63) is 29.6 Å². The van der Waals surface area contributed by atoms with Crippen LogP contribution < -0.4 is 0 Å². The third kappa shape index (κ3) is 0.999. The van der Waals surface area contributed by atoms with Gasteiger partial charge in [0.15, 0.2) is 0 Å². The number of nitrogens with zero attached hydrogens (tertiary/aromatic N) is 1. The second kappa shape index (κ2) is 2.84. The number of rotatable bonds is 0. The van der Waals surface area contributed by atoms with Crippen LogP contribution in [-0.2, 0) is 6.42 Å². The first kappa shape index (κ1) is 8.04. The van der Waals surface area contributed by atoms with Gasteiger partial charge in [0.25, 0.3) is 0 Å². The standard InChI is InChI=1S/C12H14N2/c1-8-3-2-4-10-9(8)5-6-11-12(10)14-7-13-11/h5-8H,2-4H2,1H3,(H,13,14). The minimum atomic E-state index is 0.708. The predicted molar refractivity (Wildman–Crippen MR) is 57.4 cm³/mol. The number of H-pyrrole nitrogens is 1. The van der Waals surface area contributed by atoms with Gasteiger partial charge >= 0.3 is 0 Å². The third-order valence-corrected chi connectivity index (χ3v) is 3.33. The summed E-state index contributed by atoms with van der Waals surface area (Å²) in [5, 5.41) is 0. The Morgan fingerprint density at radius 2 is 2.36 bits per heavy atom. The largest absolute Gasteiger partial charge is 0.345 e. The summed E-state index contributed by atoms with van der Waals surface area (Å²) in [6, 6.07) is 4.42. The zero-order chi connectivity index (χ0) is 9.54. The molecule has 0 spiro atoms. The zero-order valence-corrected chi connectivity index (χ0v) is 8.38. The van der Waals surface area contributed by atoms with Crippen molar-refractivity contribution in [2.45, 2.75) is 32.1 Å². The smallest absolute Gasteiger partial charge is 0.0931 e. The highest BCUT2D eigenvalue weighted by Crippen LogP contribution is 2.34. The maximum atomic E-state index is 4.41. The Kier molecular flexibility index (Phi) is 1.63. The summed E-state index contributed by atoms with van der Waals surface area (Å²) in [7, 11) is 0. The van der Waals surface area contributed by atoms with Crippen LogP contribution >= 0.6 is 0 Å². The van der Waals surface area contributed by atoms with Crippen molar-refractivity contribution in [3.8, 4) is 0 Å². The molecular weight excluding hydrogens is 172 g/mol. The first-order valence-corrected chi connectivity index (χ1v) is 5.31. The highest BCUT2D eigenvalue weighted by molar-refractivity contribution is 5.80. The predicted octanol–water partition coefficient (Wildman–Crippen LogP) is 3.00. The Bertz CT molecular complexity index is 470. The number of imidazole rings is 1. The van der Waals surface area contributed by atoms with Crippen molar-refractivity contribution in [1.82, 2.24) is 9.97 Å². The van der Waals surface area contributed by atoms with Gasteiger partial charge in [-0.3, -0.25) is 0 Å². The van der Waals surface area contributed by atoms with Gasteiger partial charge in [-0.1, -0.05) is 13.0 Å². The SMILES string of the molecule is CC1CCCc2c1ccc1[nH]cnc21. The van der Waals surface area contributed by atoms with Crippen LogP contribution in [0.15, 0.2) is 18.5 Å². The first-order chi connectivity index (χ1) is 6.86. The summed E-state index contributed by atoms with van der Waals surface area (Å²) in [4.78, 5) is 7.58. The molecule has 1 aliphatic rings. The van der Waals surface area contributed by atoms with Crippen LogP contribution in [0.5, 0.6) is 0 Å². The maximum absolute atomic E-state index is 4.41. The van der Waals surface area contributed by atoms with Gasteiger partial charge in [-0.15, -0.1) is 0 Å². The summed E-state index contributed by atoms with van der Waals surface area (Å²) in [5.74, 6) is 0.708. The normalized spacial score (nSPS) is 21.1. The molecule has 0 saturated heterocycles. The lowest BCUT2D eigenvalue weighted by atomic mass is 9.83. The molecule has 2 aromatic rings. The van der Waals surface area contributed by atoms with E-state index in [-0.39, 0.29) is 0 Å².